The lowest BCUT2D eigenvalue weighted by molar-refractivity contribution is -0.118. The van der Waals surface area contributed by atoms with Crippen molar-refractivity contribution in [1.29, 1.82) is 0 Å². The Morgan fingerprint density at radius 3 is 3.07 bits per heavy atom. The largest absolute Gasteiger partial charge is 0.344 e. The second-order valence-electron chi connectivity index (χ2n) is 4.19. The van der Waals surface area contributed by atoms with E-state index in [1.807, 2.05) is 0 Å². The molecule has 0 aliphatic heterocycles. The fourth-order valence-corrected chi connectivity index (χ4v) is 3.21. The Morgan fingerprint density at radius 2 is 2.40 bits per heavy atom. The summed E-state index contributed by atoms with van der Waals surface area (Å²) in [6.45, 7) is 2.64. The average Bonchev–Trinajstić information content (AvgIpc) is 2.23. The summed E-state index contributed by atoms with van der Waals surface area (Å²) in [7, 11) is 0. The van der Waals surface area contributed by atoms with Gasteiger partial charge in [-0.3, -0.25) is 4.79 Å². The molecule has 1 aliphatic rings. The molecule has 1 amide bonds. The van der Waals surface area contributed by atoms with E-state index < -0.39 is 0 Å². The monoisotopic (exact) mass is 225 g/mol. The van der Waals surface area contributed by atoms with E-state index in [9.17, 15) is 4.79 Å². The minimum Gasteiger partial charge on any atom is -0.344 e. The zero-order valence-corrected chi connectivity index (χ0v) is 10.1. The van der Waals surface area contributed by atoms with E-state index in [0.717, 1.165) is 5.92 Å². The van der Waals surface area contributed by atoms with Crippen LogP contribution in [-0.2, 0) is 4.79 Å². The quantitative estimate of drug-likeness (QED) is 0.742. The van der Waals surface area contributed by atoms with E-state index in [2.05, 4.69) is 18.2 Å². The van der Waals surface area contributed by atoms with Crippen LogP contribution in [0.25, 0.3) is 0 Å². The zero-order chi connectivity index (χ0) is 11.1. The molecule has 1 rings (SSSR count). The van der Waals surface area contributed by atoms with Crippen LogP contribution in [0, 0.1) is 18.3 Å². The molecule has 84 valence electrons. The Balaban J connectivity index is 2.13. The second kappa shape index (κ2) is 6.79. The van der Waals surface area contributed by atoms with E-state index in [0.29, 0.717) is 17.5 Å². The number of thioether (sulfide) groups is 1. The smallest absolute Gasteiger partial charge is 0.230 e. The van der Waals surface area contributed by atoms with Crippen LogP contribution in [0.5, 0.6) is 0 Å². The molecule has 0 aromatic rings. The minimum atomic E-state index is 0.0659. The molecule has 0 bridgehead atoms. The predicted molar refractivity (Wildman–Crippen MR) is 65.7 cm³/mol. The van der Waals surface area contributed by atoms with Gasteiger partial charge in [-0.25, -0.2) is 0 Å². The van der Waals surface area contributed by atoms with Crippen molar-refractivity contribution in [1.82, 2.24) is 5.32 Å². The molecule has 0 aromatic carbocycles. The number of nitrogens with one attached hydrogen (secondary N) is 1. The van der Waals surface area contributed by atoms with Crippen molar-refractivity contribution >= 4 is 17.7 Å². The number of hydrogen-bond acceptors (Lipinski definition) is 2. The van der Waals surface area contributed by atoms with Gasteiger partial charge in [-0.2, -0.15) is 0 Å². The normalized spacial score (nSPS) is 25.6. The highest BCUT2D eigenvalue weighted by Gasteiger charge is 2.19. The van der Waals surface area contributed by atoms with Crippen molar-refractivity contribution in [2.45, 2.75) is 37.9 Å². The molecule has 15 heavy (non-hydrogen) atoms. The SMILES string of the molecule is C#CCNC(=O)CSC1CCCC(C)C1. The van der Waals surface area contributed by atoms with E-state index in [1.165, 1.54) is 25.7 Å². The Labute approximate surface area is 96.6 Å². The van der Waals surface area contributed by atoms with Gasteiger partial charge < -0.3 is 5.32 Å². The summed E-state index contributed by atoms with van der Waals surface area (Å²) in [6, 6.07) is 0. The van der Waals surface area contributed by atoms with Gasteiger partial charge in [-0.15, -0.1) is 18.2 Å². The number of terminal acetylenes is 1. The summed E-state index contributed by atoms with van der Waals surface area (Å²) in [4.78, 5) is 11.3. The molecule has 1 aliphatic carbocycles. The highest BCUT2D eigenvalue weighted by Crippen LogP contribution is 2.31. The van der Waals surface area contributed by atoms with Crippen LogP contribution in [0.1, 0.15) is 32.6 Å². The lowest BCUT2D eigenvalue weighted by Gasteiger charge is -2.25. The van der Waals surface area contributed by atoms with E-state index in [1.54, 1.807) is 11.8 Å². The Kier molecular flexibility index (Phi) is 5.63. The topological polar surface area (TPSA) is 29.1 Å². The zero-order valence-electron chi connectivity index (χ0n) is 9.29. The van der Waals surface area contributed by atoms with Crippen molar-refractivity contribution in [3.05, 3.63) is 0 Å². The molecular formula is C12H19NOS. The predicted octanol–water partition coefficient (Wildman–Crippen LogP) is 2.05. The average molecular weight is 225 g/mol. The van der Waals surface area contributed by atoms with E-state index >= 15 is 0 Å². The Morgan fingerprint density at radius 1 is 1.60 bits per heavy atom. The van der Waals surface area contributed by atoms with Gasteiger partial charge in [0.2, 0.25) is 5.91 Å². The fraction of sp³-hybridized carbons (Fsp3) is 0.750. The van der Waals surface area contributed by atoms with Gasteiger partial charge >= 0.3 is 0 Å². The number of carbonyl (C=O) groups is 1. The molecule has 2 atom stereocenters. The number of amides is 1. The molecule has 0 heterocycles. The highest BCUT2D eigenvalue weighted by molar-refractivity contribution is 8.00. The first-order chi connectivity index (χ1) is 7.22. The second-order valence-corrected chi connectivity index (χ2v) is 5.47. The summed E-state index contributed by atoms with van der Waals surface area (Å²) in [5.74, 6) is 3.85. The van der Waals surface area contributed by atoms with Gasteiger partial charge in [-0.1, -0.05) is 25.7 Å². The summed E-state index contributed by atoms with van der Waals surface area (Å²) >= 11 is 1.78. The summed E-state index contributed by atoms with van der Waals surface area (Å²) < 4.78 is 0. The maximum Gasteiger partial charge on any atom is 0.230 e. The number of carbonyl (C=O) groups excluding carboxylic acids is 1. The van der Waals surface area contributed by atoms with Crippen LogP contribution >= 0.6 is 11.8 Å². The molecule has 1 fully saturated rings. The molecule has 3 heteroatoms. The van der Waals surface area contributed by atoms with Crippen LogP contribution in [0.3, 0.4) is 0 Å². The van der Waals surface area contributed by atoms with Gasteiger partial charge in [0.05, 0.1) is 12.3 Å². The molecular weight excluding hydrogens is 206 g/mol. The standard InChI is InChI=1S/C12H19NOS/c1-3-7-13-12(14)9-15-11-6-4-5-10(2)8-11/h1,10-11H,4-9H2,2H3,(H,13,14). The highest BCUT2D eigenvalue weighted by atomic mass is 32.2. The number of rotatable bonds is 4. The lowest BCUT2D eigenvalue weighted by atomic mass is 9.91. The first kappa shape index (κ1) is 12.4. The van der Waals surface area contributed by atoms with Crippen molar-refractivity contribution in [3.8, 4) is 12.3 Å². The van der Waals surface area contributed by atoms with Gasteiger partial charge in [0, 0.05) is 5.25 Å². The van der Waals surface area contributed by atoms with Gasteiger partial charge in [-0.05, 0) is 18.8 Å². The van der Waals surface area contributed by atoms with Crippen molar-refractivity contribution in [3.63, 3.8) is 0 Å². The summed E-state index contributed by atoms with van der Waals surface area (Å²) in [5, 5.41) is 3.36. The molecule has 1 saturated carbocycles. The van der Waals surface area contributed by atoms with E-state index in [4.69, 9.17) is 6.42 Å². The molecule has 0 spiro atoms. The molecule has 2 nitrogen and oxygen atoms in total. The van der Waals surface area contributed by atoms with Crippen LogP contribution in [0.15, 0.2) is 0 Å². The number of hydrogen-bond donors (Lipinski definition) is 1. The van der Waals surface area contributed by atoms with Gasteiger partial charge in [0.1, 0.15) is 0 Å². The van der Waals surface area contributed by atoms with Gasteiger partial charge in [0.15, 0.2) is 0 Å². The maximum atomic E-state index is 11.3. The molecule has 1 N–H and O–H groups in total. The molecule has 0 aromatic heterocycles. The molecule has 0 saturated heterocycles. The van der Waals surface area contributed by atoms with Crippen LogP contribution in [-0.4, -0.2) is 23.5 Å². The molecule has 0 radical (unpaired) electrons. The maximum absolute atomic E-state index is 11.3. The third kappa shape index (κ3) is 5.13. The summed E-state index contributed by atoms with van der Waals surface area (Å²) in [6.07, 6.45) is 10.2. The molecule has 2 unspecified atom stereocenters. The van der Waals surface area contributed by atoms with Crippen molar-refractivity contribution in [2.24, 2.45) is 5.92 Å². The summed E-state index contributed by atoms with van der Waals surface area (Å²) in [5.41, 5.74) is 0. The Hall–Kier alpha value is -0.620. The minimum absolute atomic E-state index is 0.0659. The first-order valence-electron chi connectivity index (χ1n) is 5.54. The van der Waals surface area contributed by atoms with Crippen LogP contribution < -0.4 is 5.32 Å². The fourth-order valence-electron chi connectivity index (χ4n) is 1.92. The lowest BCUT2D eigenvalue weighted by Crippen LogP contribution is -2.27. The Bertz CT molecular complexity index is 246. The van der Waals surface area contributed by atoms with Crippen LogP contribution in [0.2, 0.25) is 0 Å². The first-order valence-corrected chi connectivity index (χ1v) is 6.59. The third-order valence-corrected chi connectivity index (χ3v) is 4.05. The van der Waals surface area contributed by atoms with Crippen molar-refractivity contribution in [2.75, 3.05) is 12.3 Å². The van der Waals surface area contributed by atoms with Crippen LogP contribution in [0.4, 0.5) is 0 Å². The van der Waals surface area contributed by atoms with Crippen molar-refractivity contribution < 1.29 is 4.79 Å². The van der Waals surface area contributed by atoms with Gasteiger partial charge in [0.25, 0.3) is 0 Å². The van der Waals surface area contributed by atoms with E-state index in [-0.39, 0.29) is 5.91 Å². The third-order valence-electron chi connectivity index (χ3n) is 2.73.